The first-order valence-electron chi connectivity index (χ1n) is 7.92. The highest BCUT2D eigenvalue weighted by molar-refractivity contribution is 7.90. The number of nitrogens with zero attached hydrogens (tertiary/aromatic N) is 1. The van der Waals surface area contributed by atoms with E-state index in [-0.39, 0.29) is 16.8 Å². The second kappa shape index (κ2) is 6.37. The van der Waals surface area contributed by atoms with E-state index in [0.717, 1.165) is 16.5 Å². The van der Waals surface area contributed by atoms with Gasteiger partial charge in [-0.1, -0.05) is 30.3 Å². The van der Waals surface area contributed by atoms with Gasteiger partial charge in [-0.15, -0.1) is 0 Å². The molecule has 0 aliphatic heterocycles. The highest BCUT2D eigenvalue weighted by Crippen LogP contribution is 2.22. The second-order valence-electron chi connectivity index (χ2n) is 6.21. The van der Waals surface area contributed by atoms with E-state index in [4.69, 9.17) is 0 Å². The molecule has 6 heteroatoms. The fraction of sp³-hybridized carbons (Fsp3) is 0.211. The average Bonchev–Trinajstić information content (AvgIpc) is 2.92. The smallest absolute Gasteiger partial charge is 0.253 e. The fourth-order valence-corrected chi connectivity index (χ4v) is 3.51. The number of hydrogen-bond donors (Lipinski definition) is 1. The first kappa shape index (κ1) is 17.2. The van der Waals surface area contributed by atoms with Crippen LogP contribution in [0.2, 0.25) is 0 Å². The summed E-state index contributed by atoms with van der Waals surface area (Å²) in [5.74, 6) is -0.156. The van der Waals surface area contributed by atoms with Gasteiger partial charge in [0.25, 0.3) is 5.91 Å². The van der Waals surface area contributed by atoms with Crippen LogP contribution in [0.3, 0.4) is 0 Å². The fourth-order valence-electron chi connectivity index (χ4n) is 2.88. The number of aromatic nitrogens is 1. The van der Waals surface area contributed by atoms with Crippen molar-refractivity contribution in [3.63, 3.8) is 0 Å². The van der Waals surface area contributed by atoms with E-state index in [9.17, 15) is 13.2 Å². The third kappa shape index (κ3) is 3.44. The Hall–Kier alpha value is -2.60. The van der Waals surface area contributed by atoms with Crippen LogP contribution >= 0.6 is 0 Å². The van der Waals surface area contributed by atoms with Crippen molar-refractivity contribution in [2.75, 3.05) is 6.26 Å². The van der Waals surface area contributed by atoms with Crippen LogP contribution in [0.1, 0.15) is 28.9 Å². The Morgan fingerprint density at radius 1 is 1.08 bits per heavy atom. The van der Waals surface area contributed by atoms with Gasteiger partial charge in [0.2, 0.25) is 0 Å². The quantitative estimate of drug-likeness (QED) is 0.781. The lowest BCUT2D eigenvalue weighted by molar-refractivity contribution is 0.0941. The second-order valence-corrected chi connectivity index (χ2v) is 8.22. The van der Waals surface area contributed by atoms with Crippen molar-refractivity contribution in [3.05, 3.63) is 65.9 Å². The summed E-state index contributed by atoms with van der Waals surface area (Å²) in [7, 11) is -1.31. The molecule has 1 N–H and O–H groups in total. The summed E-state index contributed by atoms with van der Waals surface area (Å²) in [6, 6.07) is 14.1. The lowest BCUT2D eigenvalue weighted by Gasteiger charge is -2.14. The molecule has 0 aliphatic rings. The van der Waals surface area contributed by atoms with Gasteiger partial charge in [0, 0.05) is 30.4 Å². The molecule has 1 aromatic heterocycles. The van der Waals surface area contributed by atoms with E-state index in [1.165, 1.54) is 6.26 Å². The lowest BCUT2D eigenvalue weighted by atomic mass is 10.1. The van der Waals surface area contributed by atoms with Crippen LogP contribution in [0, 0.1) is 0 Å². The Labute approximate surface area is 147 Å². The Kier molecular flexibility index (Phi) is 4.39. The van der Waals surface area contributed by atoms with Gasteiger partial charge in [0.05, 0.1) is 16.5 Å². The van der Waals surface area contributed by atoms with Gasteiger partial charge in [-0.2, -0.15) is 0 Å². The molecule has 0 unspecified atom stereocenters. The summed E-state index contributed by atoms with van der Waals surface area (Å²) in [6.45, 7) is 1.87. The molecule has 1 amide bonds. The Balaban J connectivity index is 1.82. The number of carbonyl (C=O) groups excluding carboxylic acids is 1. The molecule has 130 valence electrons. The standard InChI is InChI=1S/C19H20N2O3S/c1-13(14-8-10-15(11-9-14)25(3,23)24)20-19(22)17-12-21(2)18-7-5-4-6-16(17)18/h4-13H,1-3H3,(H,20,22)/t13-/m1/s1. The average molecular weight is 356 g/mol. The molecular formula is C19H20N2O3S. The van der Waals surface area contributed by atoms with Crippen molar-refractivity contribution in [2.24, 2.45) is 7.05 Å². The SMILES string of the molecule is C[C@@H](NC(=O)c1cn(C)c2ccccc12)c1ccc(S(C)(=O)=O)cc1. The minimum atomic E-state index is -3.22. The van der Waals surface area contributed by atoms with Crippen LogP contribution in [0.15, 0.2) is 59.6 Å². The van der Waals surface area contributed by atoms with Gasteiger partial charge in [0.1, 0.15) is 0 Å². The maximum absolute atomic E-state index is 12.7. The third-order valence-corrected chi connectivity index (χ3v) is 5.43. The van der Waals surface area contributed by atoms with Crippen LogP contribution in [-0.4, -0.2) is 25.1 Å². The Morgan fingerprint density at radius 2 is 1.72 bits per heavy atom. The predicted octanol–water partition coefficient (Wildman–Crippen LogP) is 3.07. The van der Waals surface area contributed by atoms with E-state index in [2.05, 4.69) is 5.32 Å². The normalized spacial score (nSPS) is 12.9. The molecule has 1 heterocycles. The monoisotopic (exact) mass is 356 g/mol. The third-order valence-electron chi connectivity index (χ3n) is 4.30. The number of nitrogens with one attached hydrogen (secondary N) is 1. The number of amides is 1. The van der Waals surface area contributed by atoms with E-state index in [1.54, 1.807) is 24.3 Å². The maximum atomic E-state index is 12.7. The number of rotatable bonds is 4. The summed E-state index contributed by atoms with van der Waals surface area (Å²) in [6.07, 6.45) is 2.99. The molecule has 0 spiro atoms. The molecule has 0 fully saturated rings. The first-order valence-corrected chi connectivity index (χ1v) is 9.81. The zero-order valence-electron chi connectivity index (χ0n) is 14.4. The molecule has 2 aromatic carbocycles. The van der Waals surface area contributed by atoms with E-state index in [1.807, 2.05) is 49.0 Å². The van der Waals surface area contributed by atoms with E-state index in [0.29, 0.717) is 5.56 Å². The van der Waals surface area contributed by atoms with Crippen LogP contribution in [0.4, 0.5) is 0 Å². The van der Waals surface area contributed by atoms with Gasteiger partial charge >= 0.3 is 0 Å². The molecule has 3 aromatic rings. The highest BCUT2D eigenvalue weighted by atomic mass is 32.2. The van der Waals surface area contributed by atoms with Crippen molar-refractivity contribution in [1.29, 1.82) is 0 Å². The van der Waals surface area contributed by atoms with Crippen LogP contribution < -0.4 is 5.32 Å². The zero-order valence-corrected chi connectivity index (χ0v) is 15.2. The maximum Gasteiger partial charge on any atom is 0.253 e. The largest absolute Gasteiger partial charge is 0.350 e. The number of fused-ring (bicyclic) bond motifs is 1. The minimum absolute atomic E-state index is 0.156. The molecule has 5 nitrogen and oxygen atoms in total. The van der Waals surface area contributed by atoms with Gasteiger partial charge in [-0.25, -0.2) is 8.42 Å². The lowest BCUT2D eigenvalue weighted by Crippen LogP contribution is -2.26. The molecular weight excluding hydrogens is 336 g/mol. The zero-order chi connectivity index (χ0) is 18.2. The predicted molar refractivity (Wildman–Crippen MR) is 98.4 cm³/mol. The van der Waals surface area contributed by atoms with Crippen LogP contribution in [-0.2, 0) is 16.9 Å². The molecule has 0 saturated heterocycles. The van der Waals surface area contributed by atoms with Crippen molar-refractivity contribution >= 4 is 26.6 Å². The van der Waals surface area contributed by atoms with E-state index >= 15 is 0 Å². The van der Waals surface area contributed by atoms with Gasteiger partial charge < -0.3 is 9.88 Å². The number of hydrogen-bond acceptors (Lipinski definition) is 3. The Bertz CT molecular complexity index is 1030. The van der Waals surface area contributed by atoms with Crippen molar-refractivity contribution in [2.45, 2.75) is 17.9 Å². The molecule has 0 saturated carbocycles. The number of benzene rings is 2. The van der Waals surface area contributed by atoms with Crippen LogP contribution in [0.5, 0.6) is 0 Å². The number of carbonyl (C=O) groups is 1. The minimum Gasteiger partial charge on any atom is -0.350 e. The molecule has 25 heavy (non-hydrogen) atoms. The molecule has 0 radical (unpaired) electrons. The number of sulfone groups is 1. The van der Waals surface area contributed by atoms with Gasteiger partial charge in [-0.3, -0.25) is 4.79 Å². The Morgan fingerprint density at radius 3 is 2.36 bits per heavy atom. The van der Waals surface area contributed by atoms with Gasteiger partial charge in [0.15, 0.2) is 9.84 Å². The highest BCUT2D eigenvalue weighted by Gasteiger charge is 2.17. The van der Waals surface area contributed by atoms with Crippen molar-refractivity contribution in [3.8, 4) is 0 Å². The topological polar surface area (TPSA) is 68.2 Å². The molecule has 0 bridgehead atoms. The van der Waals surface area contributed by atoms with E-state index < -0.39 is 9.84 Å². The van der Waals surface area contributed by atoms with Crippen LogP contribution in [0.25, 0.3) is 10.9 Å². The summed E-state index contributed by atoms with van der Waals surface area (Å²) in [4.78, 5) is 12.9. The summed E-state index contributed by atoms with van der Waals surface area (Å²) < 4.78 is 25.0. The van der Waals surface area contributed by atoms with Crippen molar-refractivity contribution < 1.29 is 13.2 Å². The molecule has 0 aliphatic carbocycles. The molecule has 1 atom stereocenters. The molecule has 3 rings (SSSR count). The first-order chi connectivity index (χ1) is 11.8. The summed E-state index contributed by atoms with van der Waals surface area (Å²) in [5, 5.41) is 3.88. The number of aryl methyl sites for hydroxylation is 1. The number of para-hydroxylation sites is 1. The summed E-state index contributed by atoms with van der Waals surface area (Å²) in [5.41, 5.74) is 2.47. The van der Waals surface area contributed by atoms with Gasteiger partial charge in [-0.05, 0) is 30.7 Å². The van der Waals surface area contributed by atoms with Crippen molar-refractivity contribution in [1.82, 2.24) is 9.88 Å². The summed E-state index contributed by atoms with van der Waals surface area (Å²) >= 11 is 0.